The fourth-order valence-corrected chi connectivity index (χ4v) is 2.31. The minimum absolute atomic E-state index is 0.263. The van der Waals surface area contributed by atoms with Gasteiger partial charge in [-0.05, 0) is 34.0 Å². The van der Waals surface area contributed by atoms with E-state index in [-0.39, 0.29) is 5.78 Å². The van der Waals surface area contributed by atoms with Gasteiger partial charge in [-0.1, -0.05) is 13.0 Å². The zero-order chi connectivity index (χ0) is 12.8. The number of Topliss-reactive ketones (excluding diaryl/α,β-unsaturated/α-hetero) is 1. The second-order valence-electron chi connectivity index (χ2n) is 3.67. The molecule has 0 aliphatic heterocycles. The maximum absolute atomic E-state index is 11.3. The first-order valence-corrected chi connectivity index (χ1v) is 6.34. The summed E-state index contributed by atoms with van der Waals surface area (Å²) in [7, 11) is 3.23. The van der Waals surface area contributed by atoms with Gasteiger partial charge in [-0.15, -0.1) is 0 Å². The normalized spacial score (nSPS) is 10.1. The van der Waals surface area contributed by atoms with E-state index < -0.39 is 0 Å². The van der Waals surface area contributed by atoms with Gasteiger partial charge in [-0.3, -0.25) is 4.79 Å². The molecular weight excluding hydrogens is 284 g/mol. The van der Waals surface area contributed by atoms with Gasteiger partial charge in [0.2, 0.25) is 0 Å². The number of carbonyl (C=O) groups is 1. The van der Waals surface area contributed by atoms with Crippen LogP contribution >= 0.6 is 15.9 Å². The molecule has 0 aliphatic carbocycles. The van der Waals surface area contributed by atoms with Gasteiger partial charge in [0, 0.05) is 12.8 Å². The van der Waals surface area contributed by atoms with Gasteiger partial charge in [0.1, 0.15) is 21.8 Å². The van der Waals surface area contributed by atoms with Crippen LogP contribution in [-0.4, -0.2) is 20.0 Å². The van der Waals surface area contributed by atoms with Crippen LogP contribution in [0, 0.1) is 0 Å². The van der Waals surface area contributed by atoms with Crippen molar-refractivity contribution in [1.82, 2.24) is 0 Å². The van der Waals surface area contributed by atoms with E-state index >= 15 is 0 Å². The van der Waals surface area contributed by atoms with E-state index in [0.29, 0.717) is 19.3 Å². The van der Waals surface area contributed by atoms with E-state index in [2.05, 4.69) is 15.9 Å². The maximum atomic E-state index is 11.3. The minimum Gasteiger partial charge on any atom is -0.495 e. The Kier molecular flexibility index (Phi) is 5.48. The molecular formula is C13H17BrO3. The van der Waals surface area contributed by atoms with Gasteiger partial charge in [-0.25, -0.2) is 0 Å². The Bertz CT molecular complexity index is 402. The molecule has 0 unspecified atom stereocenters. The first-order chi connectivity index (χ1) is 8.13. The summed E-state index contributed by atoms with van der Waals surface area (Å²) in [6.45, 7) is 1.88. The second-order valence-corrected chi connectivity index (χ2v) is 4.46. The summed E-state index contributed by atoms with van der Waals surface area (Å²) in [6.07, 6.45) is 1.82. The molecule has 0 atom stereocenters. The predicted octanol–water partition coefficient (Wildman–Crippen LogP) is 3.38. The lowest BCUT2D eigenvalue weighted by molar-refractivity contribution is -0.118. The molecule has 1 aromatic carbocycles. The Labute approximate surface area is 110 Å². The van der Waals surface area contributed by atoms with Crippen molar-refractivity contribution in [2.24, 2.45) is 0 Å². The molecule has 0 aromatic heterocycles. The van der Waals surface area contributed by atoms with Crippen LogP contribution in [-0.2, 0) is 11.2 Å². The molecule has 0 bridgehead atoms. The number of hydrogen-bond donors (Lipinski definition) is 0. The number of methoxy groups -OCH3 is 2. The lowest BCUT2D eigenvalue weighted by atomic mass is 10.1. The predicted molar refractivity (Wildman–Crippen MR) is 70.9 cm³/mol. The van der Waals surface area contributed by atoms with Gasteiger partial charge < -0.3 is 9.47 Å². The summed E-state index contributed by atoms with van der Waals surface area (Å²) in [5, 5.41) is 0. The molecule has 1 aromatic rings. The van der Waals surface area contributed by atoms with Crippen molar-refractivity contribution in [2.75, 3.05) is 14.2 Å². The van der Waals surface area contributed by atoms with Crippen LogP contribution in [0.2, 0.25) is 0 Å². The standard InChI is InChI=1S/C13H17BrO3/c1-4-10(15)7-5-9-6-8-11(16-2)12(14)13(9)17-3/h6,8H,4-5,7H2,1-3H3. The molecule has 1 rings (SSSR count). The van der Waals surface area contributed by atoms with Crippen LogP contribution in [0.15, 0.2) is 16.6 Å². The Balaban J connectivity index is 2.92. The van der Waals surface area contributed by atoms with Crippen molar-refractivity contribution < 1.29 is 14.3 Å². The van der Waals surface area contributed by atoms with Gasteiger partial charge in [0.15, 0.2) is 0 Å². The van der Waals surface area contributed by atoms with Crippen molar-refractivity contribution in [2.45, 2.75) is 26.2 Å². The van der Waals surface area contributed by atoms with Crippen molar-refractivity contribution in [3.63, 3.8) is 0 Å². The quantitative estimate of drug-likeness (QED) is 0.808. The fraction of sp³-hybridized carbons (Fsp3) is 0.462. The highest BCUT2D eigenvalue weighted by Crippen LogP contribution is 2.37. The van der Waals surface area contributed by atoms with Crippen LogP contribution in [0.3, 0.4) is 0 Å². The summed E-state index contributed by atoms with van der Waals surface area (Å²) in [6, 6.07) is 3.81. The number of rotatable bonds is 6. The third-order valence-corrected chi connectivity index (χ3v) is 3.39. The number of benzene rings is 1. The van der Waals surface area contributed by atoms with Crippen LogP contribution in [0.25, 0.3) is 0 Å². The Morgan fingerprint density at radius 3 is 2.53 bits per heavy atom. The summed E-state index contributed by atoms with van der Waals surface area (Å²) >= 11 is 3.44. The SMILES string of the molecule is CCC(=O)CCc1ccc(OC)c(Br)c1OC. The number of hydrogen-bond acceptors (Lipinski definition) is 3. The van der Waals surface area contributed by atoms with E-state index in [1.54, 1.807) is 14.2 Å². The van der Waals surface area contributed by atoms with Crippen molar-refractivity contribution in [3.8, 4) is 11.5 Å². The van der Waals surface area contributed by atoms with Crippen molar-refractivity contribution in [1.29, 1.82) is 0 Å². The molecule has 0 aliphatic rings. The molecule has 0 saturated carbocycles. The Morgan fingerprint density at radius 1 is 1.29 bits per heavy atom. The first kappa shape index (κ1) is 14.0. The lowest BCUT2D eigenvalue weighted by Gasteiger charge is -2.13. The van der Waals surface area contributed by atoms with Crippen molar-refractivity contribution in [3.05, 3.63) is 22.2 Å². The third-order valence-electron chi connectivity index (χ3n) is 2.63. The van der Waals surface area contributed by atoms with Crippen LogP contribution < -0.4 is 9.47 Å². The summed E-state index contributed by atoms with van der Waals surface area (Å²) in [5.74, 6) is 1.74. The Hall–Kier alpha value is -1.03. The zero-order valence-electron chi connectivity index (χ0n) is 10.4. The third kappa shape index (κ3) is 3.46. The molecule has 0 heterocycles. The molecule has 0 spiro atoms. The fourth-order valence-electron chi connectivity index (χ4n) is 1.60. The van der Waals surface area contributed by atoms with Crippen molar-refractivity contribution >= 4 is 21.7 Å². The molecule has 0 N–H and O–H groups in total. The molecule has 0 saturated heterocycles. The van der Waals surface area contributed by atoms with Gasteiger partial charge >= 0.3 is 0 Å². The van der Waals surface area contributed by atoms with Crippen LogP contribution in [0.5, 0.6) is 11.5 Å². The van der Waals surface area contributed by atoms with Crippen LogP contribution in [0.4, 0.5) is 0 Å². The topological polar surface area (TPSA) is 35.5 Å². The average molecular weight is 301 g/mol. The number of carbonyl (C=O) groups excluding carboxylic acids is 1. The highest BCUT2D eigenvalue weighted by atomic mass is 79.9. The largest absolute Gasteiger partial charge is 0.495 e. The molecule has 17 heavy (non-hydrogen) atoms. The van der Waals surface area contributed by atoms with Gasteiger partial charge in [-0.2, -0.15) is 0 Å². The summed E-state index contributed by atoms with van der Waals surface area (Å²) < 4.78 is 11.3. The zero-order valence-corrected chi connectivity index (χ0v) is 12.0. The summed E-state index contributed by atoms with van der Waals surface area (Å²) in [4.78, 5) is 11.3. The second kappa shape index (κ2) is 6.64. The van der Waals surface area contributed by atoms with E-state index in [9.17, 15) is 4.79 Å². The van der Waals surface area contributed by atoms with E-state index in [1.165, 1.54) is 0 Å². The minimum atomic E-state index is 0.263. The molecule has 0 radical (unpaired) electrons. The molecule has 0 amide bonds. The van der Waals surface area contributed by atoms with E-state index in [4.69, 9.17) is 9.47 Å². The van der Waals surface area contributed by atoms with E-state index in [0.717, 1.165) is 21.5 Å². The first-order valence-electron chi connectivity index (χ1n) is 5.55. The van der Waals surface area contributed by atoms with Crippen LogP contribution in [0.1, 0.15) is 25.3 Å². The molecule has 0 fully saturated rings. The highest BCUT2D eigenvalue weighted by Gasteiger charge is 2.13. The lowest BCUT2D eigenvalue weighted by Crippen LogP contribution is -2.01. The number of halogens is 1. The number of aryl methyl sites for hydroxylation is 1. The molecule has 94 valence electrons. The number of ether oxygens (including phenoxy) is 2. The van der Waals surface area contributed by atoms with E-state index in [1.807, 2.05) is 19.1 Å². The van der Waals surface area contributed by atoms with Gasteiger partial charge in [0.05, 0.1) is 14.2 Å². The number of ketones is 1. The maximum Gasteiger partial charge on any atom is 0.140 e. The monoisotopic (exact) mass is 300 g/mol. The smallest absolute Gasteiger partial charge is 0.140 e. The Morgan fingerprint density at radius 2 is 2.00 bits per heavy atom. The molecule has 3 nitrogen and oxygen atoms in total. The molecule has 4 heteroatoms. The van der Waals surface area contributed by atoms with Gasteiger partial charge in [0.25, 0.3) is 0 Å². The average Bonchev–Trinajstić information content (AvgIpc) is 2.35. The summed E-state index contributed by atoms with van der Waals surface area (Å²) in [5.41, 5.74) is 1.02. The highest BCUT2D eigenvalue weighted by molar-refractivity contribution is 9.10.